The minimum Gasteiger partial charge on any atom is -0.385 e. The minimum atomic E-state index is 0.411. The number of aromatic nitrogens is 2. The smallest absolute Gasteiger partial charge is 0.156 e. The van der Waals surface area contributed by atoms with Gasteiger partial charge >= 0.3 is 0 Å². The van der Waals surface area contributed by atoms with Gasteiger partial charge in [0.25, 0.3) is 0 Å². The van der Waals surface area contributed by atoms with Gasteiger partial charge in [-0.2, -0.15) is 5.10 Å². The summed E-state index contributed by atoms with van der Waals surface area (Å²) >= 11 is 0. The van der Waals surface area contributed by atoms with Gasteiger partial charge in [0.05, 0.1) is 6.20 Å². The second-order valence-corrected chi connectivity index (χ2v) is 5.38. The van der Waals surface area contributed by atoms with E-state index in [-0.39, 0.29) is 0 Å². The van der Waals surface area contributed by atoms with Gasteiger partial charge in [-0.3, -0.25) is 0 Å². The molecular weight excluding hydrogens is 238 g/mol. The number of nitrogens with zero attached hydrogens (tertiary/aromatic N) is 2. The number of hydrogen-bond donors (Lipinski definition) is 1. The van der Waals surface area contributed by atoms with Crippen LogP contribution in [0, 0.1) is 5.41 Å². The lowest BCUT2D eigenvalue weighted by Crippen LogP contribution is -2.18. The van der Waals surface area contributed by atoms with Crippen LogP contribution in [0.2, 0.25) is 0 Å². The molecule has 0 spiro atoms. The topological polar surface area (TPSA) is 47.0 Å². The van der Waals surface area contributed by atoms with Gasteiger partial charge in [0.2, 0.25) is 0 Å². The van der Waals surface area contributed by atoms with Crippen molar-refractivity contribution < 1.29 is 4.74 Å². The third kappa shape index (κ3) is 2.68. The standard InChI is InChI=1S/C15H19N3O/c1-19-9-8-15(6-7-15)11-16-14-13-5-3-2-4-12(13)10-17-18-14/h2-5,10H,6-9,11H2,1H3,(H,16,18). The van der Waals surface area contributed by atoms with Crippen molar-refractivity contribution in [3.63, 3.8) is 0 Å². The highest BCUT2D eigenvalue weighted by Gasteiger charge is 2.41. The number of methoxy groups -OCH3 is 1. The Morgan fingerprint density at radius 1 is 1.32 bits per heavy atom. The molecule has 1 saturated carbocycles. The van der Waals surface area contributed by atoms with E-state index in [0.29, 0.717) is 5.41 Å². The molecule has 19 heavy (non-hydrogen) atoms. The van der Waals surface area contributed by atoms with Crippen molar-refractivity contribution in [2.24, 2.45) is 5.41 Å². The maximum atomic E-state index is 5.18. The molecular formula is C15H19N3O. The summed E-state index contributed by atoms with van der Waals surface area (Å²) in [5, 5.41) is 14.0. The molecule has 3 rings (SSSR count). The van der Waals surface area contributed by atoms with Crippen molar-refractivity contribution >= 4 is 16.6 Å². The summed E-state index contributed by atoms with van der Waals surface area (Å²) in [5.74, 6) is 0.891. The van der Waals surface area contributed by atoms with E-state index in [1.54, 1.807) is 13.3 Å². The van der Waals surface area contributed by atoms with E-state index >= 15 is 0 Å². The van der Waals surface area contributed by atoms with Crippen LogP contribution < -0.4 is 5.32 Å². The van der Waals surface area contributed by atoms with Crippen molar-refractivity contribution in [1.82, 2.24) is 10.2 Å². The number of anilines is 1. The highest BCUT2D eigenvalue weighted by atomic mass is 16.5. The summed E-state index contributed by atoms with van der Waals surface area (Å²) in [7, 11) is 1.76. The van der Waals surface area contributed by atoms with Gasteiger partial charge in [0.15, 0.2) is 5.82 Å². The van der Waals surface area contributed by atoms with Crippen molar-refractivity contribution in [3.05, 3.63) is 30.5 Å². The molecule has 1 aliphatic carbocycles. The molecule has 2 aromatic rings. The zero-order valence-electron chi connectivity index (χ0n) is 11.2. The Morgan fingerprint density at radius 2 is 2.16 bits per heavy atom. The Morgan fingerprint density at radius 3 is 2.95 bits per heavy atom. The summed E-state index contributed by atoms with van der Waals surface area (Å²) in [6, 6.07) is 8.20. The van der Waals surface area contributed by atoms with Crippen molar-refractivity contribution in [3.8, 4) is 0 Å². The number of rotatable bonds is 6. The summed E-state index contributed by atoms with van der Waals surface area (Å²) in [4.78, 5) is 0. The minimum absolute atomic E-state index is 0.411. The van der Waals surface area contributed by atoms with E-state index in [1.165, 1.54) is 12.8 Å². The average Bonchev–Trinajstić information content (AvgIpc) is 3.23. The first-order valence-corrected chi connectivity index (χ1v) is 6.76. The Kier molecular flexibility index (Phi) is 3.34. The Labute approximate surface area is 113 Å². The van der Waals surface area contributed by atoms with Gasteiger partial charge in [0.1, 0.15) is 0 Å². The fourth-order valence-corrected chi connectivity index (χ4v) is 2.44. The van der Waals surface area contributed by atoms with Gasteiger partial charge in [-0.1, -0.05) is 24.3 Å². The Bertz CT molecular complexity index is 561. The van der Waals surface area contributed by atoms with Crippen LogP contribution in [0.25, 0.3) is 10.8 Å². The summed E-state index contributed by atoms with van der Waals surface area (Å²) in [5.41, 5.74) is 0.411. The number of benzene rings is 1. The number of fused-ring (bicyclic) bond motifs is 1. The van der Waals surface area contributed by atoms with E-state index in [0.717, 1.165) is 36.2 Å². The SMILES string of the molecule is COCCC1(CNc2nncc3ccccc23)CC1. The van der Waals surface area contributed by atoms with Crippen LogP contribution in [0.4, 0.5) is 5.82 Å². The van der Waals surface area contributed by atoms with E-state index in [1.807, 2.05) is 12.1 Å². The molecule has 0 radical (unpaired) electrons. The predicted octanol–water partition coefficient (Wildman–Crippen LogP) is 2.86. The lowest BCUT2D eigenvalue weighted by Gasteiger charge is -2.16. The summed E-state index contributed by atoms with van der Waals surface area (Å²) in [6.07, 6.45) is 5.48. The van der Waals surface area contributed by atoms with Crippen molar-refractivity contribution in [2.75, 3.05) is 25.6 Å². The monoisotopic (exact) mass is 257 g/mol. The normalized spacial score (nSPS) is 16.5. The first-order valence-electron chi connectivity index (χ1n) is 6.76. The van der Waals surface area contributed by atoms with Gasteiger partial charge < -0.3 is 10.1 Å². The van der Waals surface area contributed by atoms with Crippen LogP contribution in [0.3, 0.4) is 0 Å². The number of ether oxygens (including phenoxy) is 1. The van der Waals surface area contributed by atoms with E-state index in [4.69, 9.17) is 4.74 Å². The quantitative estimate of drug-likeness (QED) is 0.864. The lowest BCUT2D eigenvalue weighted by molar-refractivity contribution is 0.175. The predicted molar refractivity (Wildman–Crippen MR) is 76.2 cm³/mol. The van der Waals surface area contributed by atoms with Crippen LogP contribution in [0.1, 0.15) is 19.3 Å². The zero-order valence-corrected chi connectivity index (χ0v) is 11.2. The van der Waals surface area contributed by atoms with Gasteiger partial charge in [-0.25, -0.2) is 0 Å². The molecule has 0 amide bonds. The number of hydrogen-bond acceptors (Lipinski definition) is 4. The third-order valence-corrected chi connectivity index (χ3v) is 3.99. The molecule has 1 aromatic carbocycles. The molecule has 0 bridgehead atoms. The van der Waals surface area contributed by atoms with Crippen LogP contribution in [0.15, 0.2) is 30.5 Å². The molecule has 0 saturated heterocycles. The zero-order chi connectivity index (χ0) is 13.1. The molecule has 4 heteroatoms. The molecule has 100 valence electrons. The van der Waals surface area contributed by atoms with Gasteiger partial charge in [0, 0.05) is 31.0 Å². The molecule has 0 aliphatic heterocycles. The fourth-order valence-electron chi connectivity index (χ4n) is 2.44. The van der Waals surface area contributed by atoms with E-state index in [2.05, 4.69) is 27.6 Å². The second kappa shape index (κ2) is 5.13. The Hall–Kier alpha value is -1.68. The largest absolute Gasteiger partial charge is 0.385 e. The molecule has 1 aromatic heterocycles. The van der Waals surface area contributed by atoms with Gasteiger partial charge in [-0.05, 0) is 24.7 Å². The Balaban J connectivity index is 1.72. The average molecular weight is 257 g/mol. The molecule has 0 unspecified atom stereocenters. The van der Waals surface area contributed by atoms with Crippen molar-refractivity contribution in [2.45, 2.75) is 19.3 Å². The van der Waals surface area contributed by atoms with Gasteiger partial charge in [-0.15, -0.1) is 5.10 Å². The van der Waals surface area contributed by atoms with Crippen LogP contribution in [-0.4, -0.2) is 30.5 Å². The van der Waals surface area contributed by atoms with Crippen molar-refractivity contribution in [1.29, 1.82) is 0 Å². The van der Waals surface area contributed by atoms with Crippen LogP contribution in [0.5, 0.6) is 0 Å². The maximum absolute atomic E-state index is 5.18. The first-order chi connectivity index (χ1) is 9.33. The molecule has 0 atom stereocenters. The maximum Gasteiger partial charge on any atom is 0.156 e. The lowest BCUT2D eigenvalue weighted by atomic mass is 10.0. The number of nitrogens with one attached hydrogen (secondary N) is 1. The highest BCUT2D eigenvalue weighted by Crippen LogP contribution is 2.48. The third-order valence-electron chi connectivity index (χ3n) is 3.99. The van der Waals surface area contributed by atoms with E-state index in [9.17, 15) is 0 Å². The molecule has 1 aliphatic rings. The second-order valence-electron chi connectivity index (χ2n) is 5.38. The van der Waals surface area contributed by atoms with Crippen LogP contribution >= 0.6 is 0 Å². The highest BCUT2D eigenvalue weighted by molar-refractivity contribution is 5.90. The van der Waals surface area contributed by atoms with Crippen LogP contribution in [-0.2, 0) is 4.74 Å². The molecule has 1 N–H and O–H groups in total. The molecule has 1 heterocycles. The molecule has 1 fully saturated rings. The molecule has 4 nitrogen and oxygen atoms in total. The van der Waals surface area contributed by atoms with E-state index < -0.39 is 0 Å². The summed E-state index contributed by atoms with van der Waals surface area (Å²) in [6.45, 7) is 1.79. The first kappa shape index (κ1) is 12.4. The summed E-state index contributed by atoms with van der Waals surface area (Å²) < 4.78 is 5.18. The fraction of sp³-hybridized carbons (Fsp3) is 0.467.